The second-order valence-electron chi connectivity index (χ2n) is 1.61. The maximum absolute atomic E-state index is 11.2. The Labute approximate surface area is 60.6 Å². The second kappa shape index (κ2) is 4.37. The van der Waals surface area contributed by atoms with Crippen molar-refractivity contribution in [3.63, 3.8) is 0 Å². The summed E-state index contributed by atoms with van der Waals surface area (Å²) in [4.78, 5) is 0. The highest BCUT2D eigenvalue weighted by molar-refractivity contribution is 8.56. The van der Waals surface area contributed by atoms with Crippen LogP contribution in [0.2, 0.25) is 0 Å². The third kappa shape index (κ3) is 5.01. The van der Waals surface area contributed by atoms with Crippen LogP contribution in [0.5, 0.6) is 0 Å². The van der Waals surface area contributed by atoms with Gasteiger partial charge in [-0.2, -0.15) is 0 Å². The van der Waals surface area contributed by atoms with Crippen LogP contribution in [0.3, 0.4) is 0 Å². The number of hydrogen-bond donors (Lipinski definition) is 0. The maximum atomic E-state index is 11.2. The molecule has 0 aromatic rings. The molecule has 0 saturated heterocycles. The molecule has 1 unspecified atom stereocenters. The van der Waals surface area contributed by atoms with Gasteiger partial charge < -0.3 is 4.52 Å². The molecule has 0 heterocycles. The van der Waals surface area contributed by atoms with E-state index in [0.717, 1.165) is 5.75 Å². The molecule has 0 bridgehead atoms. The summed E-state index contributed by atoms with van der Waals surface area (Å²) in [5.41, 5.74) is 0. The van der Waals surface area contributed by atoms with Gasteiger partial charge in [0.1, 0.15) is 0 Å². The van der Waals surface area contributed by atoms with E-state index in [-0.39, 0.29) is 0 Å². The van der Waals surface area contributed by atoms with Crippen molar-refractivity contribution in [1.82, 2.24) is 0 Å². The van der Waals surface area contributed by atoms with Crippen molar-refractivity contribution < 1.29 is 9.09 Å². The van der Waals surface area contributed by atoms with Crippen LogP contribution >= 0.6 is 18.0 Å². The highest BCUT2D eigenvalue weighted by Crippen LogP contribution is 2.55. The number of rotatable bonds is 4. The van der Waals surface area contributed by atoms with E-state index in [1.54, 1.807) is 6.66 Å². The molecule has 4 heteroatoms. The Hall–Kier alpha value is 0.540. The molecule has 0 fully saturated rings. The molecule has 0 amide bonds. The normalized spacial score (nSPS) is 17.2. The molecule has 0 N–H and O–H groups in total. The fourth-order valence-corrected chi connectivity index (χ4v) is 3.47. The lowest BCUT2D eigenvalue weighted by molar-refractivity contribution is 0.350. The first-order valence-electron chi connectivity index (χ1n) is 2.99. The molecular weight excluding hydrogens is 155 g/mol. The van der Waals surface area contributed by atoms with Crippen LogP contribution in [0.15, 0.2) is 0 Å². The fourth-order valence-electron chi connectivity index (χ4n) is 0.506. The quantitative estimate of drug-likeness (QED) is 0.603. The van der Waals surface area contributed by atoms with Gasteiger partial charge in [0.15, 0.2) is 0 Å². The molecule has 0 aliphatic heterocycles. The molecule has 0 spiro atoms. The van der Waals surface area contributed by atoms with Crippen molar-refractivity contribution in [2.75, 3.05) is 19.0 Å². The van der Waals surface area contributed by atoms with E-state index in [0.29, 0.717) is 6.61 Å². The maximum Gasteiger partial charge on any atom is 0.254 e. The van der Waals surface area contributed by atoms with E-state index < -0.39 is 6.57 Å². The second-order valence-corrected chi connectivity index (χ2v) is 7.01. The van der Waals surface area contributed by atoms with Crippen LogP contribution in [-0.2, 0) is 9.09 Å². The SMILES string of the molecule is CCOP(C)(=O)SCC. The van der Waals surface area contributed by atoms with Gasteiger partial charge in [0.2, 0.25) is 0 Å². The average molecular weight is 168 g/mol. The van der Waals surface area contributed by atoms with Crippen LogP contribution in [0.4, 0.5) is 0 Å². The van der Waals surface area contributed by atoms with Gasteiger partial charge in [0, 0.05) is 6.66 Å². The summed E-state index contributed by atoms with van der Waals surface area (Å²) in [6, 6.07) is 0. The molecule has 0 radical (unpaired) electrons. The molecule has 9 heavy (non-hydrogen) atoms. The lowest BCUT2D eigenvalue weighted by Gasteiger charge is -2.08. The Balaban J connectivity index is 3.58. The van der Waals surface area contributed by atoms with Crippen LogP contribution in [0.1, 0.15) is 13.8 Å². The van der Waals surface area contributed by atoms with Crippen LogP contribution in [0.25, 0.3) is 0 Å². The van der Waals surface area contributed by atoms with Gasteiger partial charge >= 0.3 is 0 Å². The highest BCUT2D eigenvalue weighted by Gasteiger charge is 2.12. The summed E-state index contributed by atoms with van der Waals surface area (Å²) >= 11 is 1.39. The van der Waals surface area contributed by atoms with Gasteiger partial charge in [-0.25, -0.2) is 0 Å². The van der Waals surface area contributed by atoms with E-state index in [4.69, 9.17) is 4.52 Å². The summed E-state index contributed by atoms with van der Waals surface area (Å²) < 4.78 is 16.1. The molecule has 0 aliphatic rings. The van der Waals surface area contributed by atoms with Crippen molar-refractivity contribution in [1.29, 1.82) is 0 Å². The Morgan fingerprint density at radius 1 is 1.56 bits per heavy atom. The standard InChI is InChI=1S/C5H13O2PS/c1-4-7-8(3,6)9-5-2/h4-5H2,1-3H3. The predicted octanol–water partition coefficient (Wildman–Crippen LogP) is 2.60. The first-order chi connectivity index (χ1) is 4.12. The van der Waals surface area contributed by atoms with E-state index in [1.165, 1.54) is 11.4 Å². The minimum absolute atomic E-state index is 0.542. The summed E-state index contributed by atoms with van der Waals surface area (Å²) in [6.07, 6.45) is 0. The van der Waals surface area contributed by atoms with Gasteiger partial charge in [-0.3, -0.25) is 4.57 Å². The predicted molar refractivity (Wildman–Crippen MR) is 43.3 cm³/mol. The van der Waals surface area contributed by atoms with Gasteiger partial charge in [-0.1, -0.05) is 18.3 Å². The molecular formula is C5H13O2PS. The summed E-state index contributed by atoms with van der Waals surface area (Å²) in [5.74, 6) is 0.855. The topological polar surface area (TPSA) is 26.3 Å². The summed E-state index contributed by atoms with van der Waals surface area (Å²) in [7, 11) is 0. The molecule has 0 aliphatic carbocycles. The van der Waals surface area contributed by atoms with E-state index >= 15 is 0 Å². The van der Waals surface area contributed by atoms with Gasteiger partial charge in [0.25, 0.3) is 6.57 Å². The number of hydrogen-bond acceptors (Lipinski definition) is 3. The zero-order valence-electron chi connectivity index (χ0n) is 6.09. The van der Waals surface area contributed by atoms with Gasteiger partial charge in [0.05, 0.1) is 6.61 Å². The third-order valence-electron chi connectivity index (χ3n) is 0.727. The minimum atomic E-state index is -2.28. The van der Waals surface area contributed by atoms with Crippen molar-refractivity contribution in [3.05, 3.63) is 0 Å². The fraction of sp³-hybridized carbons (Fsp3) is 1.00. The zero-order valence-corrected chi connectivity index (χ0v) is 7.80. The summed E-state index contributed by atoms with van der Waals surface area (Å²) in [6.45, 7) is 3.75. The average Bonchev–Trinajstić information content (AvgIpc) is 1.64. The van der Waals surface area contributed by atoms with E-state index in [2.05, 4.69) is 0 Å². The largest absolute Gasteiger partial charge is 0.322 e. The van der Waals surface area contributed by atoms with Crippen molar-refractivity contribution in [3.8, 4) is 0 Å². The summed E-state index contributed by atoms with van der Waals surface area (Å²) in [5, 5.41) is 0. The lowest BCUT2D eigenvalue weighted by atomic mass is 10.9. The Morgan fingerprint density at radius 3 is 2.44 bits per heavy atom. The molecule has 0 aromatic heterocycles. The van der Waals surface area contributed by atoms with Crippen molar-refractivity contribution in [2.45, 2.75) is 13.8 Å². The molecule has 0 saturated carbocycles. The molecule has 2 nitrogen and oxygen atoms in total. The van der Waals surface area contributed by atoms with Gasteiger partial charge in [-0.15, -0.1) is 0 Å². The highest BCUT2D eigenvalue weighted by atomic mass is 32.7. The molecule has 56 valence electrons. The minimum Gasteiger partial charge on any atom is -0.322 e. The van der Waals surface area contributed by atoms with Crippen LogP contribution < -0.4 is 0 Å². The van der Waals surface area contributed by atoms with Crippen molar-refractivity contribution >= 4 is 18.0 Å². The van der Waals surface area contributed by atoms with Gasteiger partial charge in [-0.05, 0) is 12.7 Å². The Kier molecular flexibility index (Phi) is 4.63. The monoisotopic (exact) mass is 168 g/mol. The molecule has 0 rings (SSSR count). The lowest BCUT2D eigenvalue weighted by Crippen LogP contribution is -1.83. The van der Waals surface area contributed by atoms with E-state index in [1.807, 2.05) is 13.8 Å². The van der Waals surface area contributed by atoms with Crippen molar-refractivity contribution in [2.24, 2.45) is 0 Å². The smallest absolute Gasteiger partial charge is 0.254 e. The van der Waals surface area contributed by atoms with Crippen LogP contribution in [-0.4, -0.2) is 19.0 Å². The molecule has 0 aromatic carbocycles. The third-order valence-corrected chi connectivity index (χ3v) is 4.68. The Bertz CT molecular complexity index is 106. The first-order valence-corrected chi connectivity index (χ1v) is 6.65. The zero-order chi connectivity index (χ0) is 7.33. The Morgan fingerprint density at radius 2 is 2.11 bits per heavy atom. The van der Waals surface area contributed by atoms with E-state index in [9.17, 15) is 4.57 Å². The first kappa shape index (κ1) is 9.54. The molecule has 1 atom stereocenters. The van der Waals surface area contributed by atoms with Crippen LogP contribution in [0, 0.1) is 0 Å².